The minimum Gasteiger partial charge on any atom is -0.326 e. The topological polar surface area (TPSA) is 96.0 Å². The van der Waals surface area contributed by atoms with E-state index in [2.05, 4.69) is 25.9 Å². The fourth-order valence-electron chi connectivity index (χ4n) is 2.33. The maximum absolute atomic E-state index is 13.7. The second-order valence-corrected chi connectivity index (χ2v) is 5.73. The second-order valence-electron chi connectivity index (χ2n) is 5.73. The molecule has 0 aliphatic rings. The number of hydrogen-bond acceptors (Lipinski definition) is 5. The van der Waals surface area contributed by atoms with Crippen molar-refractivity contribution in [3.63, 3.8) is 0 Å². The molecular weight excluding hydrogens is 368 g/mol. The van der Waals surface area contributed by atoms with Gasteiger partial charge in [-0.1, -0.05) is 6.07 Å². The van der Waals surface area contributed by atoms with E-state index in [0.29, 0.717) is 17.4 Å². The smallest absolute Gasteiger partial charge is 0.274 e. The van der Waals surface area contributed by atoms with Crippen LogP contribution in [0.3, 0.4) is 0 Å². The van der Waals surface area contributed by atoms with Gasteiger partial charge in [-0.15, -0.1) is 0 Å². The fourth-order valence-corrected chi connectivity index (χ4v) is 2.33. The van der Waals surface area contributed by atoms with Gasteiger partial charge in [0.15, 0.2) is 0 Å². The lowest BCUT2D eigenvalue weighted by atomic mass is 10.2. The first-order valence-electron chi connectivity index (χ1n) is 8.15. The molecule has 0 atom stereocenters. The van der Waals surface area contributed by atoms with Crippen molar-refractivity contribution in [2.45, 2.75) is 6.92 Å². The highest BCUT2D eigenvalue weighted by Crippen LogP contribution is 2.19. The summed E-state index contributed by atoms with van der Waals surface area (Å²) in [5.74, 6) is -2.39. The zero-order valence-electron chi connectivity index (χ0n) is 14.7. The molecule has 9 heteroatoms. The number of amides is 2. The monoisotopic (exact) mass is 383 g/mol. The summed E-state index contributed by atoms with van der Waals surface area (Å²) in [6.07, 6.45) is 1.36. The van der Waals surface area contributed by atoms with Crippen LogP contribution in [0.1, 0.15) is 17.4 Å². The lowest BCUT2D eigenvalue weighted by Crippen LogP contribution is -2.15. The molecule has 0 aliphatic heterocycles. The predicted octanol–water partition coefficient (Wildman–Crippen LogP) is 3.71. The minimum atomic E-state index is -0.893. The molecule has 1 heterocycles. The number of carbonyl (C=O) groups is 2. The molecule has 2 aromatic carbocycles. The standard InChI is InChI=1S/C19H15F2N5O2/c1-11(27)23-13-3-2-4-14(10-13)24-19-22-8-7-17(26-19)18(28)25-16-6-5-12(20)9-15(16)21/h2-10H,1H3,(H,23,27)(H,25,28)(H,22,24,26). The van der Waals surface area contributed by atoms with Crippen LogP contribution >= 0.6 is 0 Å². The summed E-state index contributed by atoms with van der Waals surface area (Å²) in [5, 5.41) is 7.90. The number of carbonyl (C=O) groups excluding carboxylic acids is 2. The van der Waals surface area contributed by atoms with Crippen LogP contribution < -0.4 is 16.0 Å². The third-order valence-electron chi connectivity index (χ3n) is 3.51. The molecule has 1 aromatic heterocycles. The summed E-state index contributed by atoms with van der Waals surface area (Å²) < 4.78 is 26.7. The van der Waals surface area contributed by atoms with E-state index >= 15 is 0 Å². The van der Waals surface area contributed by atoms with E-state index in [1.54, 1.807) is 24.3 Å². The lowest BCUT2D eigenvalue weighted by Gasteiger charge is -2.09. The molecule has 2 amide bonds. The lowest BCUT2D eigenvalue weighted by molar-refractivity contribution is -0.114. The number of halogens is 2. The Balaban J connectivity index is 1.75. The van der Waals surface area contributed by atoms with Gasteiger partial charge in [0.05, 0.1) is 5.69 Å². The minimum absolute atomic E-state index is 0.0146. The molecule has 142 valence electrons. The van der Waals surface area contributed by atoms with Crippen LogP contribution in [0, 0.1) is 11.6 Å². The zero-order chi connectivity index (χ0) is 20.1. The normalized spacial score (nSPS) is 10.2. The quantitative estimate of drug-likeness (QED) is 0.624. The van der Waals surface area contributed by atoms with E-state index in [4.69, 9.17) is 0 Å². The van der Waals surface area contributed by atoms with Gasteiger partial charge in [0.25, 0.3) is 5.91 Å². The van der Waals surface area contributed by atoms with Crippen molar-refractivity contribution in [3.8, 4) is 0 Å². The first kappa shape index (κ1) is 18.9. The van der Waals surface area contributed by atoms with Crippen LogP contribution in [0.4, 0.5) is 31.8 Å². The van der Waals surface area contributed by atoms with Crippen LogP contribution in [-0.4, -0.2) is 21.8 Å². The SMILES string of the molecule is CC(=O)Nc1cccc(Nc2nccc(C(=O)Nc3ccc(F)cc3F)n2)c1. The maximum Gasteiger partial charge on any atom is 0.274 e. The Morgan fingerprint density at radius 3 is 2.50 bits per heavy atom. The molecule has 0 radical (unpaired) electrons. The molecule has 28 heavy (non-hydrogen) atoms. The zero-order valence-corrected chi connectivity index (χ0v) is 14.7. The van der Waals surface area contributed by atoms with Gasteiger partial charge in [0.2, 0.25) is 11.9 Å². The van der Waals surface area contributed by atoms with E-state index in [1.807, 2.05) is 0 Å². The van der Waals surface area contributed by atoms with Crippen LogP contribution in [0.15, 0.2) is 54.7 Å². The number of hydrogen-bond donors (Lipinski definition) is 3. The summed E-state index contributed by atoms with van der Waals surface area (Å²) in [4.78, 5) is 31.6. The van der Waals surface area contributed by atoms with E-state index in [-0.39, 0.29) is 23.2 Å². The highest BCUT2D eigenvalue weighted by atomic mass is 19.1. The van der Waals surface area contributed by atoms with Gasteiger partial charge in [-0.25, -0.2) is 18.7 Å². The Bertz CT molecular complexity index is 1040. The van der Waals surface area contributed by atoms with Crippen molar-refractivity contribution in [3.05, 3.63) is 72.1 Å². The summed E-state index contributed by atoms with van der Waals surface area (Å²) in [7, 11) is 0. The molecule has 0 fully saturated rings. The average Bonchev–Trinajstić information content (AvgIpc) is 2.64. The second kappa shape index (κ2) is 8.21. The van der Waals surface area contributed by atoms with Crippen LogP contribution in [0.5, 0.6) is 0 Å². The highest BCUT2D eigenvalue weighted by molar-refractivity contribution is 6.03. The Kier molecular flexibility index (Phi) is 5.54. The number of nitrogens with zero attached hydrogens (tertiary/aromatic N) is 2. The first-order valence-corrected chi connectivity index (χ1v) is 8.15. The summed E-state index contributed by atoms with van der Waals surface area (Å²) in [6, 6.07) is 11.0. The molecule has 3 aromatic rings. The van der Waals surface area contributed by atoms with Crippen molar-refractivity contribution in [1.82, 2.24) is 9.97 Å². The van der Waals surface area contributed by atoms with Crippen LogP contribution in [-0.2, 0) is 4.79 Å². The summed E-state index contributed by atoms with van der Waals surface area (Å²) >= 11 is 0. The van der Waals surface area contributed by atoms with Gasteiger partial charge in [-0.05, 0) is 36.4 Å². The van der Waals surface area contributed by atoms with Crippen molar-refractivity contribution in [2.75, 3.05) is 16.0 Å². The largest absolute Gasteiger partial charge is 0.326 e. The van der Waals surface area contributed by atoms with Gasteiger partial charge in [0.1, 0.15) is 17.3 Å². The fraction of sp³-hybridized carbons (Fsp3) is 0.0526. The highest BCUT2D eigenvalue weighted by Gasteiger charge is 2.12. The number of aromatic nitrogens is 2. The third-order valence-corrected chi connectivity index (χ3v) is 3.51. The van der Waals surface area contributed by atoms with Gasteiger partial charge in [-0.2, -0.15) is 0 Å². The molecule has 0 bridgehead atoms. The van der Waals surface area contributed by atoms with Gasteiger partial charge < -0.3 is 16.0 Å². The van der Waals surface area contributed by atoms with Crippen molar-refractivity contribution >= 4 is 34.8 Å². The van der Waals surface area contributed by atoms with E-state index in [1.165, 1.54) is 19.2 Å². The Morgan fingerprint density at radius 1 is 0.964 bits per heavy atom. The maximum atomic E-state index is 13.7. The van der Waals surface area contributed by atoms with Crippen molar-refractivity contribution < 1.29 is 18.4 Å². The van der Waals surface area contributed by atoms with E-state index in [0.717, 1.165) is 12.1 Å². The molecule has 7 nitrogen and oxygen atoms in total. The summed E-state index contributed by atoms with van der Waals surface area (Å²) in [5.41, 5.74) is 0.994. The van der Waals surface area contributed by atoms with Crippen LogP contribution in [0.2, 0.25) is 0 Å². The molecule has 3 N–H and O–H groups in total. The molecule has 0 saturated heterocycles. The average molecular weight is 383 g/mol. The molecular formula is C19H15F2N5O2. The molecule has 3 rings (SSSR count). The first-order chi connectivity index (χ1) is 13.4. The van der Waals surface area contributed by atoms with Crippen molar-refractivity contribution in [2.24, 2.45) is 0 Å². The third kappa shape index (κ3) is 4.85. The van der Waals surface area contributed by atoms with E-state index < -0.39 is 17.5 Å². The number of anilines is 4. The number of benzene rings is 2. The molecule has 0 unspecified atom stereocenters. The Morgan fingerprint density at radius 2 is 1.75 bits per heavy atom. The van der Waals surface area contributed by atoms with Gasteiger partial charge >= 0.3 is 0 Å². The molecule has 0 saturated carbocycles. The molecule has 0 aliphatic carbocycles. The summed E-state index contributed by atoms with van der Waals surface area (Å²) in [6.45, 7) is 1.40. The Labute approximate surface area is 158 Å². The van der Waals surface area contributed by atoms with Crippen molar-refractivity contribution in [1.29, 1.82) is 0 Å². The van der Waals surface area contributed by atoms with Gasteiger partial charge in [0, 0.05) is 30.6 Å². The predicted molar refractivity (Wildman–Crippen MR) is 100 cm³/mol. The van der Waals surface area contributed by atoms with Gasteiger partial charge in [-0.3, -0.25) is 9.59 Å². The molecule has 0 spiro atoms. The van der Waals surface area contributed by atoms with E-state index in [9.17, 15) is 18.4 Å². The number of nitrogens with one attached hydrogen (secondary N) is 3. The van der Waals surface area contributed by atoms with Crippen LogP contribution in [0.25, 0.3) is 0 Å². The Hall–Kier alpha value is -3.88. The number of rotatable bonds is 5.